The molecule has 0 radical (unpaired) electrons. The number of hydrogen-bond donors (Lipinski definition) is 5. The van der Waals surface area contributed by atoms with E-state index >= 15 is 0 Å². The van der Waals surface area contributed by atoms with Gasteiger partial charge in [-0.3, -0.25) is 9.67 Å². The highest BCUT2D eigenvalue weighted by molar-refractivity contribution is 5.93. The quantitative estimate of drug-likeness (QED) is 0.103. The minimum absolute atomic E-state index is 0.116. The molecule has 15 unspecified atom stereocenters. The predicted octanol–water partition coefficient (Wildman–Crippen LogP) is 28.7. The van der Waals surface area contributed by atoms with Crippen LogP contribution in [0.2, 0.25) is 0 Å². The van der Waals surface area contributed by atoms with Crippen molar-refractivity contribution in [2.75, 3.05) is 0 Å². The summed E-state index contributed by atoms with van der Waals surface area (Å²) in [7, 11) is 2.11. The summed E-state index contributed by atoms with van der Waals surface area (Å²) in [6, 6.07) is 33.9. The zero-order valence-corrected chi connectivity index (χ0v) is 89.6. The van der Waals surface area contributed by atoms with E-state index in [-0.39, 0.29) is 57.6 Å². The summed E-state index contributed by atoms with van der Waals surface area (Å²) in [4.78, 5) is 14.1. The van der Waals surface area contributed by atoms with E-state index < -0.39 is 0 Å². The van der Waals surface area contributed by atoms with E-state index in [9.17, 15) is 25.5 Å². The van der Waals surface area contributed by atoms with Crippen LogP contribution in [0.15, 0.2) is 235 Å². The SMILES string of the molecule is C[C@]12CC[C@H](O)CC1=CCC1C2CC[C@]2(C)C(c3cnc4cccccc3-4)=CCC12.C[C@]12CC[C@H](O)CC1=CCC1C2CC[C@]2(C)C(c3cnc4ccccn34)=CCC12.C[C@]12CC[C@H](O)CC1=CCC1C2CC[C@]2(C)C(c3cnn4ccccc34)=CCC12.C[C@]12CC[C@H](O)CC1=CCC1C2CC[C@]2(C)C(c3cnn4cccnc34)=CCC12.Cn1nc2ccccc2c1C1=CCC2C3CC=C4C[C@@H](O)CC[C@]4(C)C3CC[C@]12C. The molecule has 1 aromatic carbocycles. The fourth-order valence-electron chi connectivity index (χ4n) is 39.1. The van der Waals surface area contributed by atoms with Gasteiger partial charge in [0.25, 0.3) is 0 Å². The van der Waals surface area contributed by atoms with Gasteiger partial charge in [-0.2, -0.15) is 15.3 Å². The van der Waals surface area contributed by atoms with E-state index in [4.69, 9.17) is 10.1 Å². The Hall–Kier alpha value is -9.48. The maximum atomic E-state index is 10.2. The highest BCUT2D eigenvalue weighted by Crippen LogP contribution is 2.74. The first-order valence-corrected chi connectivity index (χ1v) is 58.3. The molecule has 0 saturated heterocycles. The van der Waals surface area contributed by atoms with Crippen LogP contribution >= 0.6 is 0 Å². The second-order valence-electron chi connectivity index (χ2n) is 53.3. The first-order valence-electron chi connectivity index (χ1n) is 58.3. The van der Waals surface area contributed by atoms with Crippen molar-refractivity contribution in [1.82, 2.24) is 48.4 Å². The highest BCUT2D eigenvalue weighted by atomic mass is 16.3. The number of imidazole rings is 1. The average molecular weight is 1970 g/mol. The molecule has 10 saturated carbocycles. The lowest BCUT2D eigenvalue weighted by Crippen LogP contribution is -2.49. The molecule has 0 bridgehead atoms. The smallest absolute Gasteiger partial charge is 0.162 e. The van der Waals surface area contributed by atoms with Gasteiger partial charge in [0.1, 0.15) is 5.65 Å². The minimum Gasteiger partial charge on any atom is -0.393 e. The van der Waals surface area contributed by atoms with Gasteiger partial charge in [0.15, 0.2) is 5.65 Å². The number of benzene rings is 1. The molecule has 5 N–H and O–H groups in total. The standard InChI is InChI=1S/C28H33NO.C27H34N2O.2C26H32N2O.C25H31N3O/c1-27-14-12-19(30)16-18(27)8-9-21-23-10-11-24(28(23,2)15-13-25(21)27)22-17-29-26-7-5-3-4-6-20(22)26;1-26-14-12-18(30)16-17(26)8-9-19-21-10-11-23(27(21,2)15-13-22(19)26)25-20-6-4-5-7-24(20)28-29(25)3;1-25-12-10-18(29)15-17(25)6-7-19-21-8-9-22(26(21,2)13-11-23(19)25)20-16-27-28-14-4-3-5-24(20)28;1-25-12-10-18(29)15-17(25)6-7-19-20-8-9-22(26(20,2)13-11-21(19)25)23-16-27-24-5-3-4-14-28(23)24;1-24-10-8-17(29)14-16(24)4-5-18-20-6-7-21(25(20,2)11-9-22(18)24)19-15-27-28-13-3-12-26-23(19)28/h3-8,11,17,19,21,23,25,30H,9-10,12-16H2,1-2H3;4-8,11,18-19,21-22,30H,9-10,12-16H2,1-3H3;3-6,9,14,16,18-19,21,23,29H,7-8,10-13,15H2,1-2H3;3-6,9,14,16,18-21,29H,7-8,10-13,15H2,1-2H3;3-4,7,12-13,15,17-18,20,22,29H,5-6,8-11,14H2,1-2H3/t19-,21?,23?,25?,27-,28-;18-,19?,21?,22?,26-,27-;18-,19?,21?,23?,25-,26-;18-,19?,20?,21?,25-,26-;17-,18?,20?,22?,24-,25-/m00000/s1. The fraction of sp³-hybridized carbons (Fsp3) is 0.576. The summed E-state index contributed by atoms with van der Waals surface area (Å²) < 4.78 is 8.32. The summed E-state index contributed by atoms with van der Waals surface area (Å²) in [5, 5.41) is 66.5. The average Bonchev–Trinajstić information content (AvgIpc) is 1.56. The third-order valence-corrected chi connectivity index (χ3v) is 47.2. The Morgan fingerprint density at radius 1 is 0.293 bits per heavy atom. The molecule has 770 valence electrons. The van der Waals surface area contributed by atoms with Crippen LogP contribution in [0.25, 0.3) is 66.8 Å². The topological polar surface area (TPSA) is 197 Å². The largest absolute Gasteiger partial charge is 0.393 e. The molecule has 10 fully saturated rings. The first kappa shape index (κ1) is 97.0. The van der Waals surface area contributed by atoms with E-state index in [2.05, 4.69) is 288 Å². The van der Waals surface area contributed by atoms with Gasteiger partial charge in [-0.1, -0.05) is 212 Å². The Morgan fingerprint density at radius 3 is 1.15 bits per heavy atom. The van der Waals surface area contributed by atoms with Crippen molar-refractivity contribution in [3.05, 3.63) is 263 Å². The van der Waals surface area contributed by atoms with Gasteiger partial charge in [0, 0.05) is 65.7 Å². The molecule has 0 spiro atoms. The minimum atomic E-state index is -0.123. The molecule has 21 aliphatic carbocycles. The highest BCUT2D eigenvalue weighted by Gasteiger charge is 2.65. The number of aliphatic hydroxyl groups excluding tert-OH is 5. The van der Waals surface area contributed by atoms with Crippen LogP contribution in [0.4, 0.5) is 0 Å². The predicted molar refractivity (Wildman–Crippen MR) is 590 cm³/mol. The second kappa shape index (κ2) is 36.1. The molecule has 8 heterocycles. The molecule has 15 nitrogen and oxygen atoms in total. The number of aromatic nitrogens is 10. The molecule has 7 aromatic heterocycles. The molecular weight excluding hydrogens is 1810 g/mol. The number of pyridine rings is 2. The van der Waals surface area contributed by atoms with Crippen LogP contribution in [-0.2, 0) is 7.05 Å². The van der Waals surface area contributed by atoms with Gasteiger partial charge in [0.2, 0.25) is 0 Å². The van der Waals surface area contributed by atoms with Crippen molar-refractivity contribution in [2.24, 2.45) is 150 Å². The normalized spacial score (nSPS) is 40.9. The van der Waals surface area contributed by atoms with Gasteiger partial charge in [-0.25, -0.2) is 19.0 Å². The second-order valence-corrected chi connectivity index (χ2v) is 53.3. The number of allylic oxidation sites excluding steroid dienone is 15. The summed E-state index contributed by atoms with van der Waals surface area (Å²) >= 11 is 0. The lowest BCUT2D eigenvalue weighted by molar-refractivity contribution is -0.0239. The van der Waals surface area contributed by atoms with Gasteiger partial charge in [0.05, 0.1) is 77.2 Å². The maximum absolute atomic E-state index is 10.2. The number of aryl methyl sites for hydroxylation is 1. The number of rotatable bonds is 5. The van der Waals surface area contributed by atoms with E-state index in [0.717, 1.165) is 189 Å². The van der Waals surface area contributed by atoms with E-state index in [1.807, 2.05) is 33.7 Å². The number of aliphatic hydroxyl groups is 5. The molecule has 1 aliphatic heterocycles. The van der Waals surface area contributed by atoms with Gasteiger partial charge >= 0.3 is 0 Å². The Morgan fingerprint density at radius 2 is 0.667 bits per heavy atom. The Balaban J connectivity index is 0.0000000932. The zero-order valence-electron chi connectivity index (χ0n) is 89.6. The Kier molecular flexibility index (Phi) is 23.8. The molecule has 30 rings (SSSR count). The molecule has 22 aliphatic rings. The first-order chi connectivity index (χ1) is 70.9. The van der Waals surface area contributed by atoms with Crippen LogP contribution in [0, 0.1) is 143 Å². The van der Waals surface area contributed by atoms with Crippen molar-refractivity contribution in [3.8, 4) is 11.3 Å². The molecule has 15 heteroatoms. The summed E-state index contributed by atoms with van der Waals surface area (Å²) in [6.45, 7) is 25.2. The van der Waals surface area contributed by atoms with Crippen LogP contribution in [-0.4, -0.2) is 104 Å². The zero-order chi connectivity index (χ0) is 101. The Labute approximate surface area is 872 Å². The van der Waals surface area contributed by atoms with Crippen molar-refractivity contribution in [2.45, 2.75) is 324 Å². The molecule has 0 amide bonds. The van der Waals surface area contributed by atoms with Crippen LogP contribution in [0.3, 0.4) is 0 Å². The number of fused-ring (bicyclic) bond motifs is 30. The van der Waals surface area contributed by atoms with Crippen molar-refractivity contribution in [3.63, 3.8) is 0 Å². The van der Waals surface area contributed by atoms with Crippen molar-refractivity contribution in [1.29, 1.82) is 0 Å². The molecular formula is C132H162N10O5. The summed E-state index contributed by atoms with van der Waals surface area (Å²) in [5.74, 6) is 11.3. The summed E-state index contributed by atoms with van der Waals surface area (Å²) in [5.41, 5.74) is 31.6. The van der Waals surface area contributed by atoms with E-state index in [1.165, 1.54) is 197 Å². The lowest BCUT2D eigenvalue weighted by atomic mass is 9.47. The van der Waals surface area contributed by atoms with Crippen molar-refractivity contribution >= 4 is 55.6 Å². The fourth-order valence-corrected chi connectivity index (χ4v) is 39.1. The van der Waals surface area contributed by atoms with E-state index in [0.29, 0.717) is 33.0 Å². The number of hydrogen-bond acceptors (Lipinski definition) is 11. The van der Waals surface area contributed by atoms with Gasteiger partial charge in [-0.15, -0.1) is 0 Å². The van der Waals surface area contributed by atoms with Crippen LogP contribution < -0.4 is 0 Å². The Bertz CT molecular complexity index is 6740. The third-order valence-electron chi connectivity index (χ3n) is 47.2. The number of nitrogens with zero attached hydrogens (tertiary/aromatic N) is 10. The van der Waals surface area contributed by atoms with Gasteiger partial charge in [-0.05, 0) is 438 Å². The molecule has 147 heavy (non-hydrogen) atoms. The maximum Gasteiger partial charge on any atom is 0.162 e. The molecule has 8 aromatic rings. The lowest BCUT2D eigenvalue weighted by Gasteiger charge is -2.57. The monoisotopic (exact) mass is 1970 g/mol. The van der Waals surface area contributed by atoms with Gasteiger partial charge < -0.3 is 29.9 Å². The van der Waals surface area contributed by atoms with Crippen LogP contribution in [0.5, 0.6) is 0 Å². The van der Waals surface area contributed by atoms with E-state index in [1.54, 1.807) is 44.6 Å². The summed E-state index contributed by atoms with van der Waals surface area (Å²) in [6.07, 6.45) is 81.3. The van der Waals surface area contributed by atoms with Crippen LogP contribution in [0.1, 0.15) is 322 Å². The molecule has 30 atom stereocenters. The third kappa shape index (κ3) is 15.1. The van der Waals surface area contributed by atoms with Crippen molar-refractivity contribution < 1.29 is 25.5 Å².